The predicted molar refractivity (Wildman–Crippen MR) is 72.9 cm³/mol. The number of piperidine rings is 1. The van der Waals surface area contributed by atoms with E-state index in [-0.39, 0.29) is 0 Å². The largest absolute Gasteiger partial charge is 0.331 e. The van der Waals surface area contributed by atoms with E-state index in [4.69, 9.17) is 0 Å². The van der Waals surface area contributed by atoms with Gasteiger partial charge in [0.05, 0.1) is 11.0 Å². The minimum Gasteiger partial charge on any atom is -0.331 e. The van der Waals surface area contributed by atoms with Crippen molar-refractivity contribution < 1.29 is 0 Å². The Morgan fingerprint density at radius 1 is 1.33 bits per heavy atom. The Kier molecular flexibility index (Phi) is 2.10. The van der Waals surface area contributed by atoms with E-state index in [0.717, 1.165) is 23.8 Å². The summed E-state index contributed by atoms with van der Waals surface area (Å²) in [6.45, 7) is 4.41. The van der Waals surface area contributed by atoms with Crippen LogP contribution in [0, 0.1) is 12.8 Å². The summed E-state index contributed by atoms with van der Waals surface area (Å²) in [6.07, 6.45) is 2.59. The Morgan fingerprint density at radius 3 is 3.11 bits per heavy atom. The Balaban J connectivity index is 1.95. The van der Waals surface area contributed by atoms with Gasteiger partial charge in [-0.25, -0.2) is 4.98 Å². The smallest absolute Gasteiger partial charge is 0.106 e. The lowest BCUT2D eigenvalue weighted by Crippen LogP contribution is -2.39. The summed E-state index contributed by atoms with van der Waals surface area (Å²) in [5, 5.41) is 3.57. The first-order chi connectivity index (χ1) is 8.72. The molecule has 0 spiro atoms. The maximum absolute atomic E-state index is 4.67. The van der Waals surface area contributed by atoms with Gasteiger partial charge < -0.3 is 9.88 Å². The van der Waals surface area contributed by atoms with Crippen LogP contribution in [0.2, 0.25) is 0 Å². The Morgan fingerprint density at radius 2 is 2.22 bits per heavy atom. The third kappa shape index (κ3) is 1.37. The highest BCUT2D eigenvalue weighted by atomic mass is 15.0. The fourth-order valence-corrected chi connectivity index (χ4v) is 3.71. The molecule has 1 fully saturated rings. The molecule has 2 atom stereocenters. The first-order valence-electron chi connectivity index (χ1n) is 6.89. The van der Waals surface area contributed by atoms with Crippen molar-refractivity contribution in [2.45, 2.75) is 25.7 Å². The van der Waals surface area contributed by atoms with Crippen molar-refractivity contribution >= 4 is 11.0 Å². The van der Waals surface area contributed by atoms with Gasteiger partial charge in [-0.3, -0.25) is 0 Å². The van der Waals surface area contributed by atoms with Crippen molar-refractivity contribution in [1.29, 1.82) is 0 Å². The SMILES string of the molecule is Cc1nc2cc3c(cc2n1C)CC1CNCC3C1. The molecule has 94 valence electrons. The van der Waals surface area contributed by atoms with Gasteiger partial charge in [0.1, 0.15) is 5.82 Å². The van der Waals surface area contributed by atoms with Gasteiger partial charge in [0.15, 0.2) is 0 Å². The van der Waals surface area contributed by atoms with E-state index in [0.29, 0.717) is 5.92 Å². The van der Waals surface area contributed by atoms with E-state index in [2.05, 4.69) is 41.0 Å². The highest BCUT2D eigenvalue weighted by Gasteiger charge is 2.30. The molecule has 18 heavy (non-hydrogen) atoms. The standard InChI is InChI=1S/C15H19N3/c1-9-17-14-6-13-11(5-15(14)18(9)2)3-10-4-12(13)8-16-7-10/h5-6,10,12,16H,3-4,7-8H2,1-2H3. The average molecular weight is 241 g/mol. The number of hydrogen-bond acceptors (Lipinski definition) is 2. The lowest BCUT2D eigenvalue weighted by Gasteiger charge is -2.36. The van der Waals surface area contributed by atoms with Crippen LogP contribution >= 0.6 is 0 Å². The molecule has 0 amide bonds. The first-order valence-corrected chi connectivity index (χ1v) is 6.89. The number of nitrogens with zero attached hydrogens (tertiary/aromatic N) is 2. The minimum absolute atomic E-state index is 0.708. The summed E-state index contributed by atoms with van der Waals surface area (Å²) < 4.78 is 2.21. The van der Waals surface area contributed by atoms with Gasteiger partial charge in [0.2, 0.25) is 0 Å². The summed E-state index contributed by atoms with van der Waals surface area (Å²) in [5.41, 5.74) is 5.56. The maximum Gasteiger partial charge on any atom is 0.106 e. The van der Waals surface area contributed by atoms with Crippen molar-refractivity contribution in [3.05, 3.63) is 29.1 Å². The van der Waals surface area contributed by atoms with E-state index >= 15 is 0 Å². The average Bonchev–Trinajstić information content (AvgIpc) is 2.64. The summed E-state index contributed by atoms with van der Waals surface area (Å²) >= 11 is 0. The Hall–Kier alpha value is -1.35. The van der Waals surface area contributed by atoms with E-state index in [9.17, 15) is 0 Å². The monoisotopic (exact) mass is 241 g/mol. The molecule has 2 heterocycles. The molecule has 2 aromatic rings. The molecule has 2 unspecified atom stereocenters. The number of fused-ring (bicyclic) bond motifs is 5. The van der Waals surface area contributed by atoms with Crippen LogP contribution in [0.3, 0.4) is 0 Å². The van der Waals surface area contributed by atoms with Crippen LogP contribution in [-0.2, 0) is 13.5 Å². The van der Waals surface area contributed by atoms with Gasteiger partial charge in [-0.1, -0.05) is 0 Å². The highest BCUT2D eigenvalue weighted by molar-refractivity contribution is 5.78. The maximum atomic E-state index is 4.67. The molecule has 3 nitrogen and oxygen atoms in total. The van der Waals surface area contributed by atoms with Gasteiger partial charge in [0, 0.05) is 13.6 Å². The first kappa shape index (κ1) is 10.6. The van der Waals surface area contributed by atoms with Crippen molar-refractivity contribution in [2.24, 2.45) is 13.0 Å². The molecule has 2 aliphatic rings. The van der Waals surface area contributed by atoms with Crippen LogP contribution in [0.5, 0.6) is 0 Å². The number of hydrogen-bond donors (Lipinski definition) is 1. The predicted octanol–water partition coefficient (Wildman–Crippen LogP) is 2.13. The minimum atomic E-state index is 0.708. The van der Waals surface area contributed by atoms with E-state index < -0.39 is 0 Å². The van der Waals surface area contributed by atoms with Crippen LogP contribution < -0.4 is 5.32 Å². The molecule has 1 aromatic carbocycles. The molecule has 1 aliphatic heterocycles. The molecular formula is C15H19N3. The van der Waals surface area contributed by atoms with Gasteiger partial charge >= 0.3 is 0 Å². The van der Waals surface area contributed by atoms with Crippen LogP contribution in [0.15, 0.2) is 12.1 Å². The quantitative estimate of drug-likeness (QED) is 0.765. The lowest BCUT2D eigenvalue weighted by atomic mass is 9.74. The normalized spacial score (nSPS) is 26.3. The van der Waals surface area contributed by atoms with E-state index in [1.807, 2.05) is 0 Å². The third-order valence-electron chi connectivity index (χ3n) is 4.76. The molecule has 2 bridgehead atoms. The van der Waals surface area contributed by atoms with E-state index in [1.54, 1.807) is 11.1 Å². The van der Waals surface area contributed by atoms with E-state index in [1.165, 1.54) is 24.9 Å². The van der Waals surface area contributed by atoms with Crippen molar-refractivity contribution in [1.82, 2.24) is 14.9 Å². The summed E-state index contributed by atoms with van der Waals surface area (Å²) in [4.78, 5) is 4.67. The fraction of sp³-hybridized carbons (Fsp3) is 0.533. The van der Waals surface area contributed by atoms with Crippen molar-refractivity contribution in [3.8, 4) is 0 Å². The number of nitrogens with one attached hydrogen (secondary N) is 1. The molecule has 3 heteroatoms. The summed E-state index contributed by atoms with van der Waals surface area (Å²) in [7, 11) is 2.11. The third-order valence-corrected chi connectivity index (χ3v) is 4.76. The zero-order valence-electron chi connectivity index (χ0n) is 11.0. The highest BCUT2D eigenvalue weighted by Crippen LogP contribution is 2.38. The molecule has 4 rings (SSSR count). The van der Waals surface area contributed by atoms with Crippen LogP contribution in [-0.4, -0.2) is 22.6 Å². The second kappa shape index (κ2) is 3.58. The second-order valence-corrected chi connectivity index (χ2v) is 5.92. The fourth-order valence-electron chi connectivity index (χ4n) is 3.71. The molecule has 1 N–H and O–H groups in total. The topological polar surface area (TPSA) is 29.9 Å². The van der Waals surface area contributed by atoms with Crippen LogP contribution in [0.4, 0.5) is 0 Å². The molecule has 1 aromatic heterocycles. The number of benzene rings is 1. The zero-order chi connectivity index (χ0) is 12.3. The Labute approximate surface area is 107 Å². The number of rotatable bonds is 0. The molecule has 1 saturated heterocycles. The van der Waals surface area contributed by atoms with Crippen LogP contribution in [0.25, 0.3) is 11.0 Å². The molecule has 0 saturated carbocycles. The summed E-state index contributed by atoms with van der Waals surface area (Å²) in [6, 6.07) is 4.72. The Bertz CT molecular complexity index is 626. The van der Waals surface area contributed by atoms with Crippen LogP contribution in [0.1, 0.15) is 29.3 Å². The lowest BCUT2D eigenvalue weighted by molar-refractivity contribution is 0.318. The second-order valence-electron chi connectivity index (χ2n) is 5.92. The van der Waals surface area contributed by atoms with Gasteiger partial charge in [-0.2, -0.15) is 0 Å². The number of aryl methyl sites for hydroxylation is 2. The van der Waals surface area contributed by atoms with Crippen molar-refractivity contribution in [3.63, 3.8) is 0 Å². The zero-order valence-corrected chi connectivity index (χ0v) is 11.0. The molecule has 0 radical (unpaired) electrons. The molecule has 1 aliphatic carbocycles. The van der Waals surface area contributed by atoms with Gasteiger partial charge in [-0.05, 0) is 61.4 Å². The van der Waals surface area contributed by atoms with Gasteiger partial charge in [0.25, 0.3) is 0 Å². The van der Waals surface area contributed by atoms with Crippen molar-refractivity contribution in [2.75, 3.05) is 13.1 Å². The van der Waals surface area contributed by atoms with Gasteiger partial charge in [-0.15, -0.1) is 0 Å². The summed E-state index contributed by atoms with van der Waals surface area (Å²) in [5.74, 6) is 2.65. The number of aromatic nitrogens is 2. The molecular weight excluding hydrogens is 222 g/mol. The number of imidazole rings is 1.